The number of esters is 1. The highest BCUT2D eigenvalue weighted by molar-refractivity contribution is 5.69. The van der Waals surface area contributed by atoms with E-state index >= 15 is 0 Å². The minimum Gasteiger partial charge on any atom is -0.469 e. The number of hydrogen-bond donors (Lipinski definition) is 2. The van der Waals surface area contributed by atoms with Gasteiger partial charge in [-0.05, 0) is 116 Å². The molecule has 200 valence electrons. The van der Waals surface area contributed by atoms with Crippen molar-refractivity contribution >= 4 is 5.97 Å². The van der Waals surface area contributed by atoms with Crippen molar-refractivity contribution in [2.75, 3.05) is 7.11 Å². The molecule has 10 unspecified atom stereocenters. The first-order valence-corrected chi connectivity index (χ1v) is 14.7. The van der Waals surface area contributed by atoms with Gasteiger partial charge in [0, 0.05) is 25.2 Å². The summed E-state index contributed by atoms with van der Waals surface area (Å²) in [5.41, 5.74) is 1.46. The van der Waals surface area contributed by atoms with Crippen LogP contribution in [0.15, 0.2) is 24.4 Å². The first kappa shape index (κ1) is 26.2. The van der Waals surface area contributed by atoms with Gasteiger partial charge in [-0.3, -0.25) is 9.78 Å². The molecule has 0 aromatic carbocycles. The quantitative estimate of drug-likeness (QED) is 0.470. The molecule has 10 atom stereocenters. The largest absolute Gasteiger partial charge is 0.469 e. The fourth-order valence-corrected chi connectivity index (χ4v) is 9.77. The number of hydrogen-bond acceptors (Lipinski definition) is 5. The summed E-state index contributed by atoms with van der Waals surface area (Å²) in [5, 5.41) is 15.6. The molecule has 0 spiro atoms. The van der Waals surface area contributed by atoms with Gasteiger partial charge in [-0.15, -0.1) is 0 Å². The average Bonchev–Trinajstić information content (AvgIpc) is 3.25. The van der Waals surface area contributed by atoms with Crippen molar-refractivity contribution in [3.05, 3.63) is 30.1 Å². The van der Waals surface area contributed by atoms with E-state index in [2.05, 4.69) is 43.2 Å². The Labute approximate surface area is 218 Å². The molecule has 1 aromatic heterocycles. The van der Waals surface area contributed by atoms with Gasteiger partial charge in [0.15, 0.2) is 0 Å². The standard InChI is InChI=1S/C31H48N2O3/c1-20(8-13-29(35)36-4)25-11-12-26-24-10-9-21-17-22(33-19-23-7-5-6-16-32-23)14-15-30(21,2)27(24)18-28(34)31(25,26)3/h5-7,16,20-22,24-28,33-34H,8-15,17-19H2,1-4H3. The predicted octanol–water partition coefficient (Wildman–Crippen LogP) is 5.76. The smallest absolute Gasteiger partial charge is 0.305 e. The van der Waals surface area contributed by atoms with Crippen molar-refractivity contribution in [1.82, 2.24) is 10.3 Å². The zero-order valence-corrected chi connectivity index (χ0v) is 22.9. The summed E-state index contributed by atoms with van der Waals surface area (Å²) in [6.07, 6.45) is 12.9. The number of pyridine rings is 1. The second-order valence-electron chi connectivity index (χ2n) is 13.2. The molecule has 0 bridgehead atoms. The fraction of sp³-hybridized carbons (Fsp3) is 0.806. The number of nitrogens with one attached hydrogen (secondary N) is 1. The van der Waals surface area contributed by atoms with Crippen molar-refractivity contribution in [2.24, 2.45) is 46.3 Å². The maximum absolute atomic E-state index is 11.8. The summed E-state index contributed by atoms with van der Waals surface area (Å²) in [5.74, 6) is 3.59. The number of aliphatic hydroxyl groups excluding tert-OH is 1. The van der Waals surface area contributed by atoms with Crippen molar-refractivity contribution in [3.63, 3.8) is 0 Å². The van der Waals surface area contributed by atoms with E-state index in [-0.39, 0.29) is 17.5 Å². The molecule has 4 saturated carbocycles. The molecule has 5 heteroatoms. The lowest BCUT2D eigenvalue weighted by atomic mass is 9.43. The normalized spacial score (nSPS) is 42.6. The Bertz CT molecular complexity index is 908. The lowest BCUT2D eigenvalue weighted by molar-refractivity contribution is -0.170. The van der Waals surface area contributed by atoms with Gasteiger partial charge in [-0.2, -0.15) is 0 Å². The summed E-state index contributed by atoms with van der Waals surface area (Å²) in [7, 11) is 1.48. The van der Waals surface area contributed by atoms with E-state index in [1.54, 1.807) is 0 Å². The molecule has 1 aromatic rings. The molecule has 0 radical (unpaired) electrons. The zero-order chi connectivity index (χ0) is 25.5. The molecule has 1 heterocycles. The van der Waals surface area contributed by atoms with Crippen LogP contribution >= 0.6 is 0 Å². The number of carbonyl (C=O) groups is 1. The van der Waals surface area contributed by atoms with Crippen LogP contribution in [0.25, 0.3) is 0 Å². The van der Waals surface area contributed by atoms with Gasteiger partial charge < -0.3 is 15.2 Å². The molecule has 36 heavy (non-hydrogen) atoms. The summed E-state index contributed by atoms with van der Waals surface area (Å²) < 4.78 is 4.90. The Balaban J connectivity index is 1.25. The van der Waals surface area contributed by atoms with Crippen LogP contribution in [0.1, 0.15) is 90.7 Å². The fourth-order valence-electron chi connectivity index (χ4n) is 9.77. The molecule has 0 saturated heterocycles. The van der Waals surface area contributed by atoms with E-state index in [9.17, 15) is 9.90 Å². The van der Waals surface area contributed by atoms with Gasteiger partial charge in [0.2, 0.25) is 0 Å². The summed E-state index contributed by atoms with van der Waals surface area (Å²) in [4.78, 5) is 16.3. The third-order valence-electron chi connectivity index (χ3n) is 11.9. The molecular weight excluding hydrogens is 448 g/mol. The highest BCUT2D eigenvalue weighted by atomic mass is 16.5. The van der Waals surface area contributed by atoms with Gasteiger partial charge in [0.25, 0.3) is 0 Å². The van der Waals surface area contributed by atoms with E-state index < -0.39 is 0 Å². The maximum atomic E-state index is 11.8. The number of aromatic nitrogens is 1. The molecular formula is C31H48N2O3. The van der Waals surface area contributed by atoms with Crippen LogP contribution in [0.3, 0.4) is 0 Å². The first-order chi connectivity index (χ1) is 17.3. The van der Waals surface area contributed by atoms with Crippen LogP contribution in [-0.2, 0) is 16.1 Å². The van der Waals surface area contributed by atoms with E-state index in [4.69, 9.17) is 4.74 Å². The molecule has 4 aliphatic carbocycles. The average molecular weight is 497 g/mol. The van der Waals surface area contributed by atoms with E-state index in [0.717, 1.165) is 36.9 Å². The second-order valence-corrected chi connectivity index (χ2v) is 13.2. The van der Waals surface area contributed by atoms with Crippen molar-refractivity contribution in [2.45, 2.75) is 104 Å². The van der Waals surface area contributed by atoms with Crippen LogP contribution in [-0.4, -0.2) is 35.3 Å². The van der Waals surface area contributed by atoms with Crippen molar-refractivity contribution < 1.29 is 14.6 Å². The predicted molar refractivity (Wildman–Crippen MR) is 142 cm³/mol. The van der Waals surface area contributed by atoms with Crippen LogP contribution in [0, 0.1) is 46.3 Å². The van der Waals surface area contributed by atoms with Gasteiger partial charge in [0.1, 0.15) is 0 Å². The van der Waals surface area contributed by atoms with Crippen molar-refractivity contribution in [3.8, 4) is 0 Å². The highest BCUT2D eigenvalue weighted by Crippen LogP contribution is 2.68. The lowest BCUT2D eigenvalue weighted by Crippen LogP contribution is -2.59. The Hall–Kier alpha value is -1.46. The molecule has 0 aliphatic heterocycles. The van der Waals surface area contributed by atoms with E-state index in [1.165, 1.54) is 52.1 Å². The van der Waals surface area contributed by atoms with Gasteiger partial charge in [-0.25, -0.2) is 0 Å². The van der Waals surface area contributed by atoms with Gasteiger partial charge >= 0.3 is 5.97 Å². The lowest BCUT2D eigenvalue weighted by Gasteiger charge is -2.62. The van der Waals surface area contributed by atoms with E-state index in [1.807, 2.05) is 12.3 Å². The summed E-state index contributed by atoms with van der Waals surface area (Å²) in [6.45, 7) is 8.13. The number of fused-ring (bicyclic) bond motifs is 5. The summed E-state index contributed by atoms with van der Waals surface area (Å²) >= 11 is 0. The number of methoxy groups -OCH3 is 1. The topological polar surface area (TPSA) is 71.5 Å². The van der Waals surface area contributed by atoms with Crippen LogP contribution in [0.5, 0.6) is 0 Å². The zero-order valence-electron chi connectivity index (χ0n) is 22.9. The molecule has 5 nitrogen and oxygen atoms in total. The van der Waals surface area contributed by atoms with Crippen LogP contribution in [0.2, 0.25) is 0 Å². The number of ether oxygens (including phenoxy) is 1. The number of aliphatic hydroxyl groups is 1. The highest BCUT2D eigenvalue weighted by Gasteiger charge is 2.63. The third kappa shape index (κ3) is 4.53. The number of nitrogens with zero attached hydrogens (tertiary/aromatic N) is 1. The molecule has 2 N–H and O–H groups in total. The van der Waals surface area contributed by atoms with Gasteiger partial charge in [-0.1, -0.05) is 26.8 Å². The Morgan fingerprint density at radius 3 is 2.75 bits per heavy atom. The minimum atomic E-state index is -0.229. The molecule has 4 aliphatic rings. The molecule has 4 fully saturated rings. The maximum Gasteiger partial charge on any atom is 0.305 e. The van der Waals surface area contributed by atoms with Crippen molar-refractivity contribution in [1.29, 1.82) is 0 Å². The van der Waals surface area contributed by atoms with Crippen LogP contribution in [0.4, 0.5) is 0 Å². The minimum absolute atomic E-state index is 0.0126. The Kier molecular flexibility index (Phi) is 7.53. The Morgan fingerprint density at radius 1 is 1.17 bits per heavy atom. The monoisotopic (exact) mass is 496 g/mol. The molecule has 0 amide bonds. The van der Waals surface area contributed by atoms with Crippen LogP contribution < -0.4 is 5.32 Å². The van der Waals surface area contributed by atoms with E-state index in [0.29, 0.717) is 41.5 Å². The summed E-state index contributed by atoms with van der Waals surface area (Å²) in [6, 6.07) is 6.73. The first-order valence-electron chi connectivity index (χ1n) is 14.7. The second kappa shape index (κ2) is 10.4. The SMILES string of the molecule is COC(=O)CCC(C)C1CCC2C3CCC4CC(NCc5ccccn5)CCC4(C)C3CC(O)C12C. The molecule has 5 rings (SSSR count). The Morgan fingerprint density at radius 2 is 2.00 bits per heavy atom. The van der Waals surface area contributed by atoms with Gasteiger partial charge in [0.05, 0.1) is 18.9 Å². The third-order valence-corrected chi connectivity index (χ3v) is 11.9. The number of rotatable bonds is 7. The number of carbonyl (C=O) groups excluding carboxylic acids is 1.